The second-order valence-corrected chi connectivity index (χ2v) is 6.87. The Balaban J connectivity index is 1.72. The van der Waals surface area contributed by atoms with E-state index in [4.69, 9.17) is 0 Å². The molecule has 9 heteroatoms. The van der Waals surface area contributed by atoms with Gasteiger partial charge in [-0.1, -0.05) is 22.0 Å². The van der Waals surface area contributed by atoms with E-state index in [0.717, 1.165) is 4.47 Å². The molecule has 3 rings (SSSR count). The number of hydrogen-bond acceptors (Lipinski definition) is 4. The van der Waals surface area contributed by atoms with Crippen LogP contribution in [0, 0.1) is 0 Å². The Morgan fingerprint density at radius 2 is 1.86 bits per heavy atom. The van der Waals surface area contributed by atoms with Crippen molar-refractivity contribution < 1.29 is 9.59 Å². The van der Waals surface area contributed by atoms with E-state index in [1.165, 1.54) is 10.9 Å². The summed E-state index contributed by atoms with van der Waals surface area (Å²) in [6.07, 6.45) is 1.35. The normalized spacial score (nSPS) is 10.5. The first-order valence-corrected chi connectivity index (χ1v) is 9.35. The number of aromatic nitrogens is 2. The molecule has 0 atom stereocenters. The van der Waals surface area contributed by atoms with Crippen molar-refractivity contribution in [2.75, 3.05) is 17.2 Å². The lowest BCUT2D eigenvalue weighted by Crippen LogP contribution is -2.28. The monoisotopic (exact) mass is 443 g/mol. The maximum absolute atomic E-state index is 12.6. The van der Waals surface area contributed by atoms with Crippen LogP contribution in [0.25, 0.3) is 10.9 Å². The fourth-order valence-corrected chi connectivity index (χ4v) is 2.97. The lowest BCUT2D eigenvalue weighted by Gasteiger charge is -2.10. The van der Waals surface area contributed by atoms with Crippen molar-refractivity contribution in [3.63, 3.8) is 0 Å². The third kappa shape index (κ3) is 4.74. The fourth-order valence-electron chi connectivity index (χ4n) is 2.61. The number of nitrogens with one attached hydrogen (secondary N) is 3. The minimum atomic E-state index is -0.381. The molecule has 0 saturated carbocycles. The zero-order valence-electron chi connectivity index (χ0n) is 15.0. The highest BCUT2D eigenvalue weighted by Crippen LogP contribution is 2.16. The fraction of sp³-hybridized carbons (Fsp3) is 0.158. The molecule has 28 heavy (non-hydrogen) atoms. The standard InChI is InChI=1S/C19H18BrN5O3/c1-2-21-19(28)24-14-5-3-4-13(9-14)23-17(26)10-25-11-22-16-7-6-12(20)8-15(16)18(25)27/h3-9,11H,2,10H2,1H3,(H,23,26)(H2,21,24,28). The largest absolute Gasteiger partial charge is 0.338 e. The summed E-state index contributed by atoms with van der Waals surface area (Å²) < 4.78 is 2.01. The molecule has 8 nitrogen and oxygen atoms in total. The Hall–Kier alpha value is -3.20. The number of amides is 3. The topological polar surface area (TPSA) is 105 Å². The van der Waals surface area contributed by atoms with E-state index in [9.17, 15) is 14.4 Å². The Bertz CT molecular complexity index is 1100. The van der Waals surface area contributed by atoms with Crippen LogP contribution in [-0.4, -0.2) is 28.0 Å². The molecule has 2 aromatic carbocycles. The molecule has 1 heterocycles. The predicted octanol–water partition coefficient (Wildman–Crippen LogP) is 2.94. The molecule has 3 amide bonds. The van der Waals surface area contributed by atoms with Gasteiger partial charge in [0, 0.05) is 22.4 Å². The Morgan fingerprint density at radius 1 is 1.11 bits per heavy atom. The maximum atomic E-state index is 12.6. The molecule has 0 bridgehead atoms. The molecule has 0 saturated heterocycles. The highest BCUT2D eigenvalue weighted by molar-refractivity contribution is 9.10. The number of urea groups is 1. The second kappa shape index (κ2) is 8.66. The van der Waals surface area contributed by atoms with Gasteiger partial charge in [-0.2, -0.15) is 0 Å². The Labute approximate surface area is 169 Å². The summed E-state index contributed by atoms with van der Waals surface area (Å²) >= 11 is 3.33. The number of rotatable bonds is 5. The molecule has 1 aromatic heterocycles. The maximum Gasteiger partial charge on any atom is 0.319 e. The summed E-state index contributed by atoms with van der Waals surface area (Å²) in [5.41, 5.74) is 1.31. The summed E-state index contributed by atoms with van der Waals surface area (Å²) in [6.45, 7) is 2.15. The number of fused-ring (bicyclic) bond motifs is 1. The van der Waals surface area contributed by atoms with Crippen molar-refractivity contribution in [3.05, 3.63) is 63.6 Å². The minimum Gasteiger partial charge on any atom is -0.338 e. The molecule has 3 aromatic rings. The van der Waals surface area contributed by atoms with Crippen molar-refractivity contribution in [3.8, 4) is 0 Å². The summed E-state index contributed by atoms with van der Waals surface area (Å²) in [5, 5.41) is 8.44. The molecular formula is C19H18BrN5O3. The van der Waals surface area contributed by atoms with Gasteiger partial charge in [0.15, 0.2) is 0 Å². The lowest BCUT2D eigenvalue weighted by atomic mass is 10.2. The van der Waals surface area contributed by atoms with E-state index in [-0.39, 0.29) is 24.0 Å². The van der Waals surface area contributed by atoms with E-state index < -0.39 is 0 Å². The summed E-state index contributed by atoms with van der Waals surface area (Å²) in [6, 6.07) is 11.6. The number of carbonyl (C=O) groups excluding carboxylic acids is 2. The van der Waals surface area contributed by atoms with Gasteiger partial charge >= 0.3 is 6.03 Å². The van der Waals surface area contributed by atoms with E-state index in [2.05, 4.69) is 36.9 Å². The van der Waals surface area contributed by atoms with Crippen molar-refractivity contribution in [2.45, 2.75) is 13.5 Å². The molecule has 0 unspecified atom stereocenters. The number of hydrogen-bond donors (Lipinski definition) is 3. The summed E-state index contributed by atoms with van der Waals surface area (Å²) in [5.74, 6) is -0.381. The zero-order valence-corrected chi connectivity index (χ0v) is 16.6. The van der Waals surface area contributed by atoms with Crippen molar-refractivity contribution >= 4 is 50.1 Å². The molecule has 0 radical (unpaired) electrons. The zero-order chi connectivity index (χ0) is 20.1. The van der Waals surface area contributed by atoms with E-state index in [1.54, 1.807) is 42.5 Å². The van der Waals surface area contributed by atoms with Gasteiger partial charge in [0.05, 0.1) is 17.2 Å². The van der Waals surface area contributed by atoms with Gasteiger partial charge in [-0.3, -0.25) is 14.2 Å². The Morgan fingerprint density at radius 3 is 2.61 bits per heavy atom. The lowest BCUT2D eigenvalue weighted by molar-refractivity contribution is -0.116. The van der Waals surface area contributed by atoms with Crippen LogP contribution < -0.4 is 21.5 Å². The van der Waals surface area contributed by atoms with Crippen LogP contribution in [0.4, 0.5) is 16.2 Å². The third-order valence-electron chi connectivity index (χ3n) is 3.84. The van der Waals surface area contributed by atoms with Crippen LogP contribution in [0.3, 0.4) is 0 Å². The molecule has 0 aliphatic heterocycles. The quantitative estimate of drug-likeness (QED) is 0.563. The molecule has 0 fully saturated rings. The first-order valence-electron chi connectivity index (χ1n) is 8.55. The van der Waals surface area contributed by atoms with Crippen LogP contribution in [0.1, 0.15) is 6.92 Å². The molecule has 144 valence electrons. The number of anilines is 2. The van der Waals surface area contributed by atoms with Gasteiger partial charge in [0.2, 0.25) is 5.91 Å². The second-order valence-electron chi connectivity index (χ2n) is 5.95. The minimum absolute atomic E-state index is 0.178. The predicted molar refractivity (Wildman–Crippen MR) is 111 cm³/mol. The third-order valence-corrected chi connectivity index (χ3v) is 4.33. The number of nitrogens with zero attached hydrogens (tertiary/aromatic N) is 2. The first-order chi connectivity index (χ1) is 13.5. The highest BCUT2D eigenvalue weighted by atomic mass is 79.9. The molecule has 3 N–H and O–H groups in total. The van der Waals surface area contributed by atoms with Crippen LogP contribution >= 0.6 is 15.9 Å². The van der Waals surface area contributed by atoms with Gasteiger partial charge in [-0.05, 0) is 43.3 Å². The Kier molecular flexibility index (Phi) is 6.05. The smallest absolute Gasteiger partial charge is 0.319 e. The average Bonchev–Trinajstić information content (AvgIpc) is 2.65. The number of carbonyl (C=O) groups is 2. The van der Waals surface area contributed by atoms with Crippen molar-refractivity contribution in [1.29, 1.82) is 0 Å². The summed E-state index contributed by atoms with van der Waals surface area (Å²) in [4.78, 5) is 40.8. The number of halogens is 1. The SMILES string of the molecule is CCNC(=O)Nc1cccc(NC(=O)Cn2cnc3ccc(Br)cc3c2=O)c1. The molecular weight excluding hydrogens is 426 g/mol. The molecule has 0 aliphatic rings. The van der Waals surface area contributed by atoms with Crippen LogP contribution in [-0.2, 0) is 11.3 Å². The van der Waals surface area contributed by atoms with Crippen LogP contribution in [0.15, 0.2) is 58.1 Å². The number of benzene rings is 2. The van der Waals surface area contributed by atoms with Gasteiger partial charge in [-0.15, -0.1) is 0 Å². The summed E-state index contributed by atoms with van der Waals surface area (Å²) in [7, 11) is 0. The first kappa shape index (κ1) is 19.6. The van der Waals surface area contributed by atoms with Gasteiger partial charge in [-0.25, -0.2) is 9.78 Å². The van der Waals surface area contributed by atoms with Crippen LogP contribution in [0.2, 0.25) is 0 Å². The van der Waals surface area contributed by atoms with E-state index >= 15 is 0 Å². The van der Waals surface area contributed by atoms with Gasteiger partial charge < -0.3 is 16.0 Å². The van der Waals surface area contributed by atoms with Crippen molar-refractivity contribution in [1.82, 2.24) is 14.9 Å². The van der Waals surface area contributed by atoms with Gasteiger partial charge in [0.1, 0.15) is 6.54 Å². The highest BCUT2D eigenvalue weighted by Gasteiger charge is 2.10. The molecule has 0 spiro atoms. The van der Waals surface area contributed by atoms with Crippen LogP contribution in [0.5, 0.6) is 0 Å². The van der Waals surface area contributed by atoms with Crippen molar-refractivity contribution in [2.24, 2.45) is 0 Å². The van der Waals surface area contributed by atoms with Gasteiger partial charge in [0.25, 0.3) is 5.56 Å². The molecule has 0 aliphatic carbocycles. The van der Waals surface area contributed by atoms with E-state index in [1.807, 2.05) is 6.92 Å². The van der Waals surface area contributed by atoms with E-state index in [0.29, 0.717) is 28.8 Å². The average molecular weight is 444 g/mol.